The smallest absolute Gasteiger partial charge is 0.309 e. The van der Waals surface area contributed by atoms with E-state index in [1.165, 1.54) is 0 Å². The van der Waals surface area contributed by atoms with Gasteiger partial charge in [0.25, 0.3) is 0 Å². The van der Waals surface area contributed by atoms with Crippen LogP contribution < -0.4 is 0 Å². The zero-order valence-corrected chi connectivity index (χ0v) is 11.5. The normalized spacial score (nSPS) is 35.1. The van der Waals surface area contributed by atoms with Crippen LogP contribution in [0.25, 0.3) is 0 Å². The summed E-state index contributed by atoms with van der Waals surface area (Å²) < 4.78 is 16.6. The average Bonchev–Trinajstić information content (AvgIpc) is 2.86. The standard InChI is InChI=1S/C15H17BO4/c1-10-13-14(16)20-15(10,9-19-13)7-12(17)18-8-11-5-3-2-4-6-11/h2-6,10,13-14H,7-9H2,1H3/t10?,13?,14-,15+/m1/s1. The van der Waals surface area contributed by atoms with Crippen molar-refractivity contribution in [3.8, 4) is 0 Å². The van der Waals surface area contributed by atoms with E-state index in [0.717, 1.165) is 5.56 Å². The fraction of sp³-hybridized carbons (Fsp3) is 0.533. The number of fused-ring (bicyclic) bond motifs is 2. The van der Waals surface area contributed by atoms with Gasteiger partial charge in [-0.3, -0.25) is 4.79 Å². The van der Waals surface area contributed by atoms with Crippen LogP contribution in [0.5, 0.6) is 0 Å². The Balaban J connectivity index is 1.57. The van der Waals surface area contributed by atoms with E-state index in [-0.39, 0.29) is 31.0 Å². The lowest BCUT2D eigenvalue weighted by molar-refractivity contribution is -0.160. The lowest BCUT2D eigenvalue weighted by Gasteiger charge is -2.29. The predicted molar refractivity (Wildman–Crippen MR) is 73.1 cm³/mol. The summed E-state index contributed by atoms with van der Waals surface area (Å²) in [5.41, 5.74) is 0.355. The summed E-state index contributed by atoms with van der Waals surface area (Å²) in [7, 11) is 5.84. The van der Waals surface area contributed by atoms with Crippen molar-refractivity contribution in [2.45, 2.75) is 37.7 Å². The van der Waals surface area contributed by atoms with Crippen LogP contribution in [0.3, 0.4) is 0 Å². The first-order valence-corrected chi connectivity index (χ1v) is 6.85. The van der Waals surface area contributed by atoms with E-state index in [4.69, 9.17) is 22.1 Å². The van der Waals surface area contributed by atoms with Gasteiger partial charge < -0.3 is 14.2 Å². The molecule has 0 spiro atoms. The van der Waals surface area contributed by atoms with Gasteiger partial charge in [-0.15, -0.1) is 0 Å². The molecule has 2 unspecified atom stereocenters. The van der Waals surface area contributed by atoms with Crippen LogP contribution in [-0.2, 0) is 25.6 Å². The molecule has 2 bridgehead atoms. The number of carbonyl (C=O) groups is 1. The second-order valence-electron chi connectivity index (χ2n) is 5.53. The van der Waals surface area contributed by atoms with Gasteiger partial charge in [-0.25, -0.2) is 0 Å². The molecule has 4 atom stereocenters. The molecule has 2 aliphatic heterocycles. The molecular formula is C15H17BO4. The van der Waals surface area contributed by atoms with Gasteiger partial charge in [0.2, 0.25) is 0 Å². The van der Waals surface area contributed by atoms with E-state index >= 15 is 0 Å². The van der Waals surface area contributed by atoms with Crippen molar-refractivity contribution in [1.29, 1.82) is 0 Å². The van der Waals surface area contributed by atoms with Crippen LogP contribution in [0.4, 0.5) is 0 Å². The van der Waals surface area contributed by atoms with Crippen LogP contribution in [-0.4, -0.2) is 38.1 Å². The Morgan fingerprint density at radius 1 is 1.45 bits per heavy atom. The van der Waals surface area contributed by atoms with Crippen molar-refractivity contribution >= 4 is 13.8 Å². The van der Waals surface area contributed by atoms with Gasteiger partial charge in [-0.2, -0.15) is 0 Å². The highest BCUT2D eigenvalue weighted by Crippen LogP contribution is 2.45. The van der Waals surface area contributed by atoms with Crippen molar-refractivity contribution in [3.05, 3.63) is 35.9 Å². The van der Waals surface area contributed by atoms with Gasteiger partial charge in [0.1, 0.15) is 20.1 Å². The molecule has 0 aromatic heterocycles. The maximum Gasteiger partial charge on any atom is 0.309 e. The summed E-state index contributed by atoms with van der Waals surface area (Å²) >= 11 is 0. The molecule has 104 valence electrons. The zero-order valence-electron chi connectivity index (χ0n) is 11.5. The van der Waals surface area contributed by atoms with Crippen molar-refractivity contribution < 1.29 is 19.0 Å². The Morgan fingerprint density at radius 2 is 2.20 bits per heavy atom. The highest BCUT2D eigenvalue weighted by Gasteiger charge is 2.58. The zero-order chi connectivity index (χ0) is 14.2. The minimum atomic E-state index is -0.613. The van der Waals surface area contributed by atoms with Crippen LogP contribution in [0, 0.1) is 5.92 Å². The van der Waals surface area contributed by atoms with Crippen molar-refractivity contribution in [1.82, 2.24) is 0 Å². The van der Waals surface area contributed by atoms with Gasteiger partial charge in [-0.1, -0.05) is 37.3 Å². The molecule has 4 nitrogen and oxygen atoms in total. The van der Waals surface area contributed by atoms with Gasteiger partial charge in [0.15, 0.2) is 0 Å². The fourth-order valence-corrected chi connectivity index (χ4v) is 2.96. The largest absolute Gasteiger partial charge is 0.461 e. The summed E-state index contributed by atoms with van der Waals surface area (Å²) in [5.74, 6) is -0.166. The Morgan fingerprint density at radius 3 is 2.80 bits per heavy atom. The van der Waals surface area contributed by atoms with Crippen LogP contribution in [0.2, 0.25) is 0 Å². The minimum absolute atomic E-state index is 0.113. The third kappa shape index (κ3) is 2.36. The Bertz CT molecular complexity index is 492. The number of hydrogen-bond acceptors (Lipinski definition) is 4. The molecule has 5 heteroatoms. The lowest BCUT2D eigenvalue weighted by Crippen LogP contribution is -2.40. The molecule has 2 aliphatic rings. The van der Waals surface area contributed by atoms with E-state index in [1.54, 1.807) is 0 Å². The molecule has 0 N–H and O–H groups in total. The Labute approximate surface area is 119 Å². The SMILES string of the molecule is [B][C@@H]1O[C@@]2(CC(=O)OCc3ccccc3)COC1C2C. The minimum Gasteiger partial charge on any atom is -0.461 e. The maximum atomic E-state index is 12.0. The average molecular weight is 272 g/mol. The van der Waals surface area contributed by atoms with Crippen molar-refractivity contribution in [3.63, 3.8) is 0 Å². The van der Waals surface area contributed by atoms with E-state index in [9.17, 15) is 4.79 Å². The third-order valence-electron chi connectivity index (χ3n) is 4.22. The molecule has 1 aromatic carbocycles. The third-order valence-corrected chi connectivity index (χ3v) is 4.22. The van der Waals surface area contributed by atoms with Crippen LogP contribution in [0.15, 0.2) is 30.3 Å². The first-order chi connectivity index (χ1) is 9.61. The molecule has 0 amide bonds. The van der Waals surface area contributed by atoms with Gasteiger partial charge >= 0.3 is 5.97 Å². The van der Waals surface area contributed by atoms with E-state index in [2.05, 4.69) is 0 Å². The lowest BCUT2D eigenvalue weighted by atomic mass is 9.84. The number of benzene rings is 1. The molecule has 1 aromatic rings. The molecule has 2 fully saturated rings. The predicted octanol–water partition coefficient (Wildman–Crippen LogP) is 1.42. The molecule has 0 aliphatic carbocycles. The molecule has 3 rings (SSSR count). The number of esters is 1. The molecule has 0 saturated carbocycles. The number of carbonyl (C=O) groups excluding carboxylic acids is 1. The Kier molecular flexibility index (Phi) is 3.56. The van der Waals surface area contributed by atoms with Gasteiger partial charge in [0.05, 0.1) is 19.1 Å². The second-order valence-corrected chi connectivity index (χ2v) is 5.53. The first kappa shape index (κ1) is 13.6. The van der Waals surface area contributed by atoms with Crippen LogP contribution >= 0.6 is 0 Å². The van der Waals surface area contributed by atoms with E-state index in [1.807, 2.05) is 37.3 Å². The van der Waals surface area contributed by atoms with Gasteiger partial charge in [0, 0.05) is 11.9 Å². The summed E-state index contributed by atoms with van der Waals surface area (Å²) in [6.45, 7) is 2.70. The fourth-order valence-electron chi connectivity index (χ4n) is 2.96. The van der Waals surface area contributed by atoms with Crippen molar-refractivity contribution in [2.75, 3.05) is 6.61 Å². The van der Waals surface area contributed by atoms with Crippen LogP contribution in [0.1, 0.15) is 18.9 Å². The van der Waals surface area contributed by atoms with E-state index < -0.39 is 11.6 Å². The second kappa shape index (κ2) is 5.22. The molecular weight excluding hydrogens is 255 g/mol. The molecule has 2 radical (unpaired) electrons. The molecule has 20 heavy (non-hydrogen) atoms. The first-order valence-electron chi connectivity index (χ1n) is 6.85. The quantitative estimate of drug-likeness (QED) is 0.614. The topological polar surface area (TPSA) is 44.8 Å². The summed E-state index contributed by atoms with van der Waals surface area (Å²) in [6, 6.07) is 9.16. The number of rotatable bonds is 4. The summed E-state index contributed by atoms with van der Waals surface area (Å²) in [6.07, 6.45) is 0.0718. The Hall–Kier alpha value is -1.33. The maximum absolute atomic E-state index is 12.0. The highest BCUT2D eigenvalue weighted by atomic mass is 16.6. The number of hydrogen-bond donors (Lipinski definition) is 0. The monoisotopic (exact) mass is 272 g/mol. The van der Waals surface area contributed by atoms with Crippen molar-refractivity contribution in [2.24, 2.45) is 5.92 Å². The molecule has 2 heterocycles. The van der Waals surface area contributed by atoms with Gasteiger partial charge in [-0.05, 0) is 5.56 Å². The highest BCUT2D eigenvalue weighted by molar-refractivity contribution is 6.11. The number of ether oxygens (including phenoxy) is 3. The van der Waals surface area contributed by atoms with E-state index in [0.29, 0.717) is 6.61 Å². The summed E-state index contributed by atoms with van der Waals surface area (Å²) in [4.78, 5) is 12.0. The molecule has 2 saturated heterocycles. The summed E-state index contributed by atoms with van der Waals surface area (Å²) in [5, 5.41) is 0.